The zero-order valence-electron chi connectivity index (χ0n) is 16.7. The maximum absolute atomic E-state index is 13.8. The number of nitrogens with one attached hydrogen (secondary N) is 1. The van der Waals surface area contributed by atoms with Gasteiger partial charge >= 0.3 is 0 Å². The van der Waals surface area contributed by atoms with Gasteiger partial charge in [0, 0.05) is 31.3 Å². The second kappa shape index (κ2) is 7.85. The summed E-state index contributed by atoms with van der Waals surface area (Å²) in [6, 6.07) is 3.04. The van der Waals surface area contributed by atoms with Gasteiger partial charge in [0.05, 0.1) is 6.61 Å². The summed E-state index contributed by atoms with van der Waals surface area (Å²) in [4.78, 5) is 11.0. The van der Waals surface area contributed by atoms with E-state index in [0.29, 0.717) is 22.7 Å². The molecule has 1 spiro atoms. The zero-order valence-corrected chi connectivity index (χ0v) is 16.7. The molecule has 0 bridgehead atoms. The highest BCUT2D eigenvalue weighted by Gasteiger charge is 2.38. The maximum Gasteiger partial charge on any atom is 0.202 e. The Kier molecular flexibility index (Phi) is 5.02. The molecule has 0 amide bonds. The fourth-order valence-electron chi connectivity index (χ4n) is 4.29. The molecule has 2 aromatic heterocycles. The Morgan fingerprint density at radius 1 is 1.06 bits per heavy atom. The first-order chi connectivity index (χ1) is 15.0. The van der Waals surface area contributed by atoms with Crippen LogP contribution < -0.4 is 4.90 Å². The van der Waals surface area contributed by atoms with Crippen molar-refractivity contribution in [3.05, 3.63) is 46.8 Å². The van der Waals surface area contributed by atoms with Gasteiger partial charge in [0.25, 0.3) is 0 Å². The van der Waals surface area contributed by atoms with Crippen molar-refractivity contribution in [1.29, 1.82) is 0 Å². The first-order valence-electron chi connectivity index (χ1n) is 10.2. The fraction of sp³-hybridized carbons (Fsp3) is 0.409. The molecule has 2 fully saturated rings. The van der Waals surface area contributed by atoms with E-state index in [9.17, 15) is 13.2 Å². The molecule has 2 saturated heterocycles. The molecule has 2 aliphatic rings. The Hall–Kier alpha value is -3.12. The van der Waals surface area contributed by atoms with E-state index in [1.54, 1.807) is 0 Å². The number of anilines is 1. The minimum atomic E-state index is -0.768. The highest BCUT2D eigenvalue weighted by atomic mass is 19.1. The summed E-state index contributed by atoms with van der Waals surface area (Å²) in [5.41, 5.74) is 1.61. The van der Waals surface area contributed by atoms with Gasteiger partial charge in [-0.3, -0.25) is 5.10 Å². The number of H-pyrrole nitrogens is 1. The number of halogens is 3. The van der Waals surface area contributed by atoms with Gasteiger partial charge in [-0.25, -0.2) is 23.1 Å². The second-order valence-electron chi connectivity index (χ2n) is 8.10. The molecule has 0 unspecified atom stereocenters. The molecule has 9 heteroatoms. The average molecular weight is 427 g/mol. The molecule has 31 heavy (non-hydrogen) atoms. The van der Waals surface area contributed by atoms with Gasteiger partial charge in [0.15, 0.2) is 5.82 Å². The van der Waals surface area contributed by atoms with Crippen LogP contribution in [-0.4, -0.2) is 46.5 Å². The monoisotopic (exact) mass is 427 g/mol. The summed E-state index contributed by atoms with van der Waals surface area (Å²) in [7, 11) is 0. The number of ether oxygens (including phenoxy) is 1. The van der Waals surface area contributed by atoms with Crippen molar-refractivity contribution >= 4 is 17.0 Å². The third-order valence-corrected chi connectivity index (χ3v) is 6.07. The van der Waals surface area contributed by atoms with E-state index >= 15 is 0 Å². The van der Waals surface area contributed by atoms with Crippen molar-refractivity contribution in [3.8, 4) is 11.8 Å². The third-order valence-electron chi connectivity index (χ3n) is 6.07. The normalized spacial score (nSPS) is 17.8. The van der Waals surface area contributed by atoms with E-state index in [1.165, 1.54) is 0 Å². The lowest BCUT2D eigenvalue weighted by atomic mass is 9.78. The van der Waals surface area contributed by atoms with Crippen LogP contribution in [0.5, 0.6) is 0 Å². The van der Waals surface area contributed by atoms with Crippen LogP contribution in [-0.2, 0) is 11.4 Å². The summed E-state index contributed by atoms with van der Waals surface area (Å²) in [5.74, 6) is 4.52. The molecule has 0 atom stereocenters. The van der Waals surface area contributed by atoms with Crippen LogP contribution in [0.1, 0.15) is 36.2 Å². The highest BCUT2D eigenvalue weighted by Crippen LogP contribution is 2.40. The van der Waals surface area contributed by atoms with E-state index in [2.05, 4.69) is 36.9 Å². The molecule has 1 N–H and O–H groups in total. The van der Waals surface area contributed by atoms with Crippen molar-refractivity contribution in [2.45, 2.75) is 25.9 Å². The first-order valence-corrected chi connectivity index (χ1v) is 10.2. The molecule has 6 nitrogen and oxygen atoms in total. The van der Waals surface area contributed by atoms with Crippen LogP contribution in [0.25, 0.3) is 11.2 Å². The van der Waals surface area contributed by atoms with E-state index in [0.717, 1.165) is 63.8 Å². The van der Waals surface area contributed by atoms with Gasteiger partial charge in [-0.05, 0) is 42.7 Å². The summed E-state index contributed by atoms with van der Waals surface area (Å²) in [6.45, 7) is 2.35. The number of fused-ring (bicyclic) bond motifs is 1. The van der Waals surface area contributed by atoms with E-state index in [1.807, 2.05) is 0 Å². The molecule has 5 rings (SSSR count). The topological polar surface area (TPSA) is 66.9 Å². The number of alkyl halides is 1. The minimum Gasteiger partial charge on any atom is -0.381 e. The minimum absolute atomic E-state index is 0.175. The molecular formula is C22H20F3N5O. The molecular weight excluding hydrogens is 407 g/mol. The lowest BCUT2D eigenvalue weighted by molar-refractivity contribution is 0.133. The van der Waals surface area contributed by atoms with Crippen molar-refractivity contribution in [2.24, 2.45) is 5.41 Å². The number of aromatic amines is 1. The Bertz CT molecular complexity index is 1160. The van der Waals surface area contributed by atoms with E-state index in [-0.39, 0.29) is 16.7 Å². The van der Waals surface area contributed by atoms with Gasteiger partial charge in [0.1, 0.15) is 35.2 Å². The molecule has 4 heterocycles. The second-order valence-corrected chi connectivity index (χ2v) is 8.10. The molecule has 3 aromatic rings. The van der Waals surface area contributed by atoms with Crippen LogP contribution in [0, 0.1) is 28.9 Å². The van der Waals surface area contributed by atoms with Crippen LogP contribution >= 0.6 is 0 Å². The van der Waals surface area contributed by atoms with Gasteiger partial charge in [-0.15, -0.1) is 0 Å². The van der Waals surface area contributed by atoms with E-state index < -0.39 is 18.3 Å². The van der Waals surface area contributed by atoms with Crippen molar-refractivity contribution in [3.63, 3.8) is 0 Å². The maximum atomic E-state index is 13.8. The lowest BCUT2D eigenvalue weighted by Crippen LogP contribution is -2.41. The Balaban J connectivity index is 1.44. The van der Waals surface area contributed by atoms with Crippen molar-refractivity contribution < 1.29 is 17.9 Å². The SMILES string of the molecule is FCc1nc2c(C#Cc3cc(F)cc(F)c3)[nH]nc2nc1N1CCC2(CCOC2)CC1. The van der Waals surface area contributed by atoms with Crippen molar-refractivity contribution in [1.82, 2.24) is 20.2 Å². The number of benzene rings is 1. The number of rotatable bonds is 2. The number of piperidine rings is 1. The lowest BCUT2D eigenvalue weighted by Gasteiger charge is -2.39. The van der Waals surface area contributed by atoms with Crippen LogP contribution in [0.15, 0.2) is 18.2 Å². The van der Waals surface area contributed by atoms with Gasteiger partial charge < -0.3 is 9.64 Å². The van der Waals surface area contributed by atoms with Gasteiger partial charge in [-0.2, -0.15) is 5.10 Å². The highest BCUT2D eigenvalue weighted by molar-refractivity contribution is 5.78. The number of nitrogens with zero attached hydrogens (tertiary/aromatic N) is 4. The molecule has 0 radical (unpaired) electrons. The fourth-order valence-corrected chi connectivity index (χ4v) is 4.29. The molecule has 2 aliphatic heterocycles. The predicted molar refractivity (Wildman–Crippen MR) is 108 cm³/mol. The molecule has 160 valence electrons. The van der Waals surface area contributed by atoms with Crippen LogP contribution in [0.4, 0.5) is 19.0 Å². The number of aromatic nitrogens is 4. The largest absolute Gasteiger partial charge is 0.381 e. The molecule has 0 aliphatic carbocycles. The van der Waals surface area contributed by atoms with Crippen LogP contribution in [0.3, 0.4) is 0 Å². The van der Waals surface area contributed by atoms with Gasteiger partial charge in [-0.1, -0.05) is 5.92 Å². The van der Waals surface area contributed by atoms with E-state index in [4.69, 9.17) is 4.74 Å². The Morgan fingerprint density at radius 2 is 1.84 bits per heavy atom. The Morgan fingerprint density at radius 3 is 2.52 bits per heavy atom. The molecule has 1 aromatic carbocycles. The Labute approximate surface area is 176 Å². The van der Waals surface area contributed by atoms with Crippen LogP contribution in [0.2, 0.25) is 0 Å². The van der Waals surface area contributed by atoms with Crippen molar-refractivity contribution in [2.75, 3.05) is 31.2 Å². The molecule has 0 saturated carbocycles. The first kappa shape index (κ1) is 19.8. The predicted octanol–water partition coefficient (Wildman–Crippen LogP) is 3.51. The zero-order chi connectivity index (χ0) is 21.4. The summed E-state index contributed by atoms with van der Waals surface area (Å²) >= 11 is 0. The summed E-state index contributed by atoms with van der Waals surface area (Å²) < 4.78 is 46.1. The smallest absolute Gasteiger partial charge is 0.202 e. The average Bonchev–Trinajstić information content (AvgIpc) is 3.38. The number of hydrogen-bond donors (Lipinski definition) is 1. The standard InChI is InChI=1S/C22H20F3N5O/c23-12-18-21(30-6-3-22(4-7-30)5-8-31-13-22)27-20-19(26-18)17(28-29-20)2-1-14-9-15(24)11-16(25)10-14/h9-11H,3-8,12-13H2,(H,27,28,29). The number of hydrogen-bond acceptors (Lipinski definition) is 5. The van der Waals surface area contributed by atoms with Gasteiger partial charge in [0.2, 0.25) is 5.65 Å². The quantitative estimate of drug-likeness (QED) is 0.634. The summed E-state index contributed by atoms with van der Waals surface area (Å²) in [6.07, 6.45) is 3.01. The third kappa shape index (κ3) is 3.83. The summed E-state index contributed by atoms with van der Waals surface area (Å²) in [5, 5.41) is 6.89.